The molecule has 1 heterocycles. The Bertz CT molecular complexity index is 398. The van der Waals surface area contributed by atoms with Crippen molar-refractivity contribution in [1.82, 2.24) is 4.98 Å². The molecule has 4 heteroatoms. The number of hydrogen-bond acceptors (Lipinski definition) is 3. The fraction of sp³-hybridized carbons (Fsp3) is 0.455. The molecule has 0 aromatic carbocycles. The maximum absolute atomic E-state index is 11.6. The van der Waals surface area contributed by atoms with Crippen molar-refractivity contribution in [2.75, 3.05) is 5.75 Å². The van der Waals surface area contributed by atoms with Crippen LogP contribution in [0.1, 0.15) is 31.7 Å². The number of hydrogen-bond donors (Lipinski definition) is 0. The van der Waals surface area contributed by atoms with E-state index in [1.165, 1.54) is 0 Å². The normalized spacial score (nSPS) is 14.2. The third kappa shape index (κ3) is 3.14. The highest BCUT2D eigenvalue weighted by Gasteiger charge is 2.08. The van der Waals surface area contributed by atoms with Crippen LogP contribution in [0.3, 0.4) is 0 Å². The lowest BCUT2D eigenvalue weighted by molar-refractivity contribution is 0.683. The van der Waals surface area contributed by atoms with Crippen LogP contribution in [0.25, 0.3) is 0 Å². The zero-order chi connectivity index (χ0) is 11.3. The summed E-state index contributed by atoms with van der Waals surface area (Å²) < 4.78 is 11.6. The smallest absolute Gasteiger partial charge is 0.0628 e. The molecule has 0 amide bonds. The molecule has 0 fully saturated rings. The van der Waals surface area contributed by atoms with Crippen molar-refractivity contribution in [3.8, 4) is 6.07 Å². The first kappa shape index (κ1) is 11.9. The van der Waals surface area contributed by atoms with E-state index in [1.807, 2.05) is 19.9 Å². The third-order valence-corrected chi connectivity index (χ3v) is 3.50. The minimum atomic E-state index is -0.967. The van der Waals surface area contributed by atoms with Crippen molar-refractivity contribution >= 4 is 10.8 Å². The molecule has 3 nitrogen and oxygen atoms in total. The van der Waals surface area contributed by atoms with Gasteiger partial charge in [-0.25, -0.2) is 0 Å². The van der Waals surface area contributed by atoms with E-state index >= 15 is 0 Å². The zero-order valence-electron chi connectivity index (χ0n) is 8.93. The van der Waals surface area contributed by atoms with E-state index in [-0.39, 0.29) is 5.92 Å². The average Bonchev–Trinajstić information content (AvgIpc) is 2.28. The second kappa shape index (κ2) is 5.62. The lowest BCUT2D eigenvalue weighted by Gasteiger charge is -2.08. The Labute approximate surface area is 92.6 Å². The average molecular weight is 222 g/mol. The minimum Gasteiger partial charge on any atom is -0.263 e. The van der Waals surface area contributed by atoms with Crippen LogP contribution in [0.15, 0.2) is 23.4 Å². The van der Waals surface area contributed by atoms with Gasteiger partial charge in [-0.1, -0.05) is 13.8 Å². The van der Waals surface area contributed by atoms with Gasteiger partial charge in [-0.3, -0.25) is 9.19 Å². The lowest BCUT2D eigenvalue weighted by Crippen LogP contribution is -1.99. The molecule has 80 valence electrons. The van der Waals surface area contributed by atoms with Crippen LogP contribution in [-0.4, -0.2) is 14.9 Å². The van der Waals surface area contributed by atoms with Crippen LogP contribution in [0.2, 0.25) is 0 Å². The minimum absolute atomic E-state index is 0.149. The van der Waals surface area contributed by atoms with Gasteiger partial charge >= 0.3 is 0 Å². The van der Waals surface area contributed by atoms with Crippen molar-refractivity contribution < 1.29 is 4.21 Å². The van der Waals surface area contributed by atoms with E-state index in [9.17, 15) is 4.21 Å². The van der Waals surface area contributed by atoms with Gasteiger partial charge in [-0.15, -0.1) is 0 Å². The number of aromatic nitrogens is 1. The predicted molar refractivity (Wildman–Crippen MR) is 59.8 cm³/mol. The topological polar surface area (TPSA) is 53.8 Å². The summed E-state index contributed by atoms with van der Waals surface area (Å²) in [5.74, 6) is 0.744. The molecular weight excluding hydrogens is 208 g/mol. The Balaban J connectivity index is 2.93. The fourth-order valence-electron chi connectivity index (χ4n) is 1.25. The molecule has 0 radical (unpaired) electrons. The van der Waals surface area contributed by atoms with Gasteiger partial charge in [0.25, 0.3) is 0 Å². The van der Waals surface area contributed by atoms with Gasteiger partial charge in [0.15, 0.2) is 0 Å². The maximum atomic E-state index is 11.6. The summed E-state index contributed by atoms with van der Waals surface area (Å²) in [5.41, 5.74) is 0.982. The predicted octanol–water partition coefficient (Wildman–Crippen LogP) is 2.23. The van der Waals surface area contributed by atoms with Crippen LogP contribution in [0, 0.1) is 11.3 Å². The highest BCUT2D eigenvalue weighted by atomic mass is 32.2. The summed E-state index contributed by atoms with van der Waals surface area (Å²) in [7, 11) is -0.967. The van der Waals surface area contributed by atoms with Crippen LogP contribution in [0.4, 0.5) is 0 Å². The summed E-state index contributed by atoms with van der Waals surface area (Å²) in [6, 6.07) is 4.01. The van der Waals surface area contributed by atoms with E-state index in [0.29, 0.717) is 12.2 Å². The molecule has 2 unspecified atom stereocenters. The van der Waals surface area contributed by atoms with E-state index in [4.69, 9.17) is 5.26 Å². The Morgan fingerprint density at radius 1 is 1.60 bits per heavy atom. The Morgan fingerprint density at radius 3 is 2.93 bits per heavy atom. The molecule has 0 N–H and O–H groups in total. The molecule has 0 saturated carbocycles. The summed E-state index contributed by atoms with van der Waals surface area (Å²) in [6.07, 6.45) is 3.82. The fourth-order valence-corrected chi connectivity index (χ4v) is 2.03. The van der Waals surface area contributed by atoms with Crippen LogP contribution in [-0.2, 0) is 10.8 Å². The summed E-state index contributed by atoms with van der Waals surface area (Å²) >= 11 is 0. The number of pyridine rings is 1. The first-order valence-corrected chi connectivity index (χ1v) is 6.21. The van der Waals surface area contributed by atoms with Crippen molar-refractivity contribution in [3.05, 3.63) is 24.0 Å². The van der Waals surface area contributed by atoms with Crippen molar-refractivity contribution in [2.45, 2.75) is 31.1 Å². The maximum Gasteiger partial charge on any atom is 0.0628 e. The molecule has 1 aromatic rings. The molecule has 1 rings (SSSR count). The molecule has 0 aliphatic rings. The van der Waals surface area contributed by atoms with Crippen LogP contribution < -0.4 is 0 Å². The second-order valence-corrected chi connectivity index (χ2v) is 5.09. The van der Waals surface area contributed by atoms with Crippen LogP contribution >= 0.6 is 0 Å². The molecular formula is C11H14N2OS. The Kier molecular flexibility index (Phi) is 4.44. The van der Waals surface area contributed by atoms with E-state index in [2.05, 4.69) is 11.1 Å². The highest BCUT2D eigenvalue weighted by Crippen LogP contribution is 2.19. The molecule has 0 saturated heterocycles. The summed E-state index contributed by atoms with van der Waals surface area (Å²) in [6.45, 7) is 3.85. The van der Waals surface area contributed by atoms with Crippen molar-refractivity contribution in [3.63, 3.8) is 0 Å². The van der Waals surface area contributed by atoms with Crippen LogP contribution in [0.5, 0.6) is 0 Å². The van der Waals surface area contributed by atoms with Gasteiger partial charge in [0.2, 0.25) is 0 Å². The van der Waals surface area contributed by atoms with Gasteiger partial charge in [0.05, 0.1) is 21.8 Å². The first-order chi connectivity index (χ1) is 7.19. The Hall–Kier alpha value is -1.21. The van der Waals surface area contributed by atoms with Crippen molar-refractivity contribution in [1.29, 1.82) is 5.26 Å². The van der Waals surface area contributed by atoms with Crippen molar-refractivity contribution in [2.24, 2.45) is 0 Å². The number of nitrogens with zero attached hydrogens (tertiary/aromatic N) is 2. The lowest BCUT2D eigenvalue weighted by atomic mass is 10.0. The quantitative estimate of drug-likeness (QED) is 0.785. The van der Waals surface area contributed by atoms with Gasteiger partial charge in [-0.2, -0.15) is 5.26 Å². The largest absolute Gasteiger partial charge is 0.263 e. The molecule has 0 spiro atoms. The molecule has 0 aliphatic heterocycles. The number of nitriles is 1. The third-order valence-electron chi connectivity index (χ3n) is 2.23. The van der Waals surface area contributed by atoms with E-state index < -0.39 is 10.8 Å². The molecule has 0 aliphatic carbocycles. The molecule has 15 heavy (non-hydrogen) atoms. The highest BCUT2D eigenvalue weighted by molar-refractivity contribution is 7.85. The van der Waals surface area contributed by atoms with Gasteiger partial charge in [0, 0.05) is 24.6 Å². The van der Waals surface area contributed by atoms with Gasteiger partial charge in [-0.05, 0) is 17.5 Å². The van der Waals surface area contributed by atoms with E-state index in [0.717, 1.165) is 10.5 Å². The zero-order valence-corrected chi connectivity index (χ0v) is 9.75. The van der Waals surface area contributed by atoms with Gasteiger partial charge < -0.3 is 0 Å². The summed E-state index contributed by atoms with van der Waals surface area (Å²) in [4.78, 5) is 4.80. The standard InChI is InChI=1S/C11H14N2OS/c1-3-15(14)11-6-10(7-13-8-11)9(2)4-5-12/h6-9H,3-4H2,1-2H3. The molecule has 2 atom stereocenters. The first-order valence-electron chi connectivity index (χ1n) is 4.89. The van der Waals surface area contributed by atoms with Gasteiger partial charge in [0.1, 0.15) is 0 Å². The summed E-state index contributed by atoms with van der Waals surface area (Å²) in [5, 5.41) is 8.59. The molecule has 0 bridgehead atoms. The monoisotopic (exact) mass is 222 g/mol. The molecule has 1 aromatic heterocycles. The second-order valence-electron chi connectivity index (χ2n) is 3.35. The SMILES string of the molecule is CCS(=O)c1cncc(C(C)CC#N)c1. The Morgan fingerprint density at radius 2 is 2.33 bits per heavy atom. The number of rotatable bonds is 4. The van der Waals surface area contributed by atoms with E-state index in [1.54, 1.807) is 12.4 Å².